The number of aromatic amines is 1. The summed E-state index contributed by atoms with van der Waals surface area (Å²) in [6.07, 6.45) is 0. The molecular formula is C18H25ClN4O. The zero-order valence-corrected chi connectivity index (χ0v) is 15.1. The fourth-order valence-corrected chi connectivity index (χ4v) is 3.50. The molecule has 2 N–H and O–H groups in total. The lowest BCUT2D eigenvalue weighted by molar-refractivity contribution is 0.0161. The van der Waals surface area contributed by atoms with E-state index in [4.69, 9.17) is 16.3 Å². The van der Waals surface area contributed by atoms with Gasteiger partial charge in [-0.25, -0.2) is 0 Å². The number of benzene rings is 1. The van der Waals surface area contributed by atoms with Crippen LogP contribution in [0.4, 0.5) is 0 Å². The Bertz CT molecular complexity index is 647. The van der Waals surface area contributed by atoms with Crippen LogP contribution in [0.25, 0.3) is 0 Å². The molecule has 0 bridgehead atoms. The molecule has 2 aromatic rings. The Balaban J connectivity index is 1.71. The van der Waals surface area contributed by atoms with Gasteiger partial charge in [0.2, 0.25) is 0 Å². The zero-order valence-electron chi connectivity index (χ0n) is 14.3. The van der Waals surface area contributed by atoms with E-state index in [1.54, 1.807) is 0 Å². The first-order valence-electron chi connectivity index (χ1n) is 8.44. The fourth-order valence-electron chi connectivity index (χ4n) is 3.24. The van der Waals surface area contributed by atoms with Gasteiger partial charge in [0, 0.05) is 48.5 Å². The van der Waals surface area contributed by atoms with Gasteiger partial charge < -0.3 is 10.1 Å². The van der Waals surface area contributed by atoms with Crippen molar-refractivity contribution < 1.29 is 4.74 Å². The maximum absolute atomic E-state index is 6.47. The summed E-state index contributed by atoms with van der Waals surface area (Å²) in [6, 6.07) is 8.37. The molecule has 24 heavy (non-hydrogen) atoms. The number of morpholine rings is 1. The molecule has 0 aliphatic carbocycles. The second-order valence-electron chi connectivity index (χ2n) is 6.23. The summed E-state index contributed by atoms with van der Waals surface area (Å²) in [7, 11) is 0. The van der Waals surface area contributed by atoms with E-state index in [0.717, 1.165) is 55.8 Å². The third-order valence-electron chi connectivity index (χ3n) is 4.67. The predicted molar refractivity (Wildman–Crippen MR) is 96.4 cm³/mol. The van der Waals surface area contributed by atoms with E-state index in [-0.39, 0.29) is 6.04 Å². The number of ether oxygens (including phenoxy) is 1. The van der Waals surface area contributed by atoms with Crippen molar-refractivity contribution in [1.82, 2.24) is 20.4 Å². The Kier molecular flexibility index (Phi) is 5.89. The standard InChI is InChI=1S/C18H25ClN4O/c1-13-16(14(2)22-21-13)11-20-12-18(23-7-9-24-10-8-23)15-5-3-4-6-17(15)19/h3-6,18,20H,7-12H2,1-2H3,(H,21,22). The van der Waals surface area contributed by atoms with Crippen LogP contribution >= 0.6 is 11.6 Å². The molecule has 0 saturated carbocycles. The predicted octanol–water partition coefficient (Wildman–Crippen LogP) is 2.84. The van der Waals surface area contributed by atoms with E-state index < -0.39 is 0 Å². The van der Waals surface area contributed by atoms with Gasteiger partial charge in [0.15, 0.2) is 0 Å². The number of nitrogens with one attached hydrogen (secondary N) is 2. The third-order valence-corrected chi connectivity index (χ3v) is 5.02. The molecule has 1 fully saturated rings. The van der Waals surface area contributed by atoms with Gasteiger partial charge in [-0.05, 0) is 25.5 Å². The molecule has 1 aliphatic rings. The summed E-state index contributed by atoms with van der Waals surface area (Å²) < 4.78 is 5.50. The average Bonchev–Trinajstić information content (AvgIpc) is 2.92. The highest BCUT2D eigenvalue weighted by Crippen LogP contribution is 2.28. The topological polar surface area (TPSA) is 53.2 Å². The van der Waals surface area contributed by atoms with Gasteiger partial charge in [-0.2, -0.15) is 5.10 Å². The van der Waals surface area contributed by atoms with Gasteiger partial charge in [0.05, 0.1) is 18.9 Å². The van der Waals surface area contributed by atoms with Crippen LogP contribution in [0.3, 0.4) is 0 Å². The molecule has 1 aromatic carbocycles. The maximum atomic E-state index is 6.47. The maximum Gasteiger partial charge on any atom is 0.0638 e. The molecule has 3 rings (SSSR count). The van der Waals surface area contributed by atoms with E-state index in [9.17, 15) is 0 Å². The Morgan fingerprint density at radius 2 is 2.04 bits per heavy atom. The van der Waals surface area contributed by atoms with Crippen molar-refractivity contribution in [2.75, 3.05) is 32.8 Å². The number of aromatic nitrogens is 2. The molecule has 1 aromatic heterocycles. The molecule has 0 radical (unpaired) electrons. The number of hydrogen-bond acceptors (Lipinski definition) is 4. The van der Waals surface area contributed by atoms with Gasteiger partial charge in [-0.3, -0.25) is 10.00 Å². The lowest BCUT2D eigenvalue weighted by Gasteiger charge is -2.35. The van der Waals surface area contributed by atoms with Gasteiger partial charge >= 0.3 is 0 Å². The number of hydrogen-bond donors (Lipinski definition) is 2. The number of nitrogens with zero attached hydrogens (tertiary/aromatic N) is 2. The third kappa shape index (κ3) is 3.98. The summed E-state index contributed by atoms with van der Waals surface area (Å²) in [4.78, 5) is 2.45. The molecule has 1 atom stereocenters. The summed E-state index contributed by atoms with van der Waals surface area (Å²) >= 11 is 6.47. The highest BCUT2D eigenvalue weighted by Gasteiger charge is 2.24. The minimum atomic E-state index is 0.245. The van der Waals surface area contributed by atoms with E-state index >= 15 is 0 Å². The summed E-state index contributed by atoms with van der Waals surface area (Å²) in [5.41, 5.74) is 4.60. The zero-order chi connectivity index (χ0) is 16.9. The number of H-pyrrole nitrogens is 1. The van der Waals surface area contributed by atoms with Gasteiger partial charge in [-0.1, -0.05) is 29.8 Å². The minimum Gasteiger partial charge on any atom is -0.379 e. The summed E-state index contributed by atoms with van der Waals surface area (Å²) in [6.45, 7) is 9.16. The molecule has 1 saturated heterocycles. The van der Waals surface area contributed by atoms with Crippen molar-refractivity contribution in [3.8, 4) is 0 Å². The minimum absolute atomic E-state index is 0.245. The molecule has 0 spiro atoms. The molecule has 0 amide bonds. The Labute approximate surface area is 148 Å². The van der Waals surface area contributed by atoms with Crippen molar-refractivity contribution in [2.24, 2.45) is 0 Å². The largest absolute Gasteiger partial charge is 0.379 e. The average molecular weight is 349 g/mol. The number of rotatable bonds is 6. The summed E-state index contributed by atoms with van der Waals surface area (Å²) in [5.74, 6) is 0. The molecule has 5 nitrogen and oxygen atoms in total. The normalized spacial score (nSPS) is 17.1. The van der Waals surface area contributed by atoms with Crippen LogP contribution in [0, 0.1) is 13.8 Å². The molecule has 1 unspecified atom stereocenters. The highest BCUT2D eigenvalue weighted by atomic mass is 35.5. The molecular weight excluding hydrogens is 324 g/mol. The van der Waals surface area contributed by atoms with Gasteiger partial charge in [-0.15, -0.1) is 0 Å². The quantitative estimate of drug-likeness (QED) is 0.843. The van der Waals surface area contributed by atoms with Crippen molar-refractivity contribution in [3.63, 3.8) is 0 Å². The van der Waals surface area contributed by atoms with E-state index in [1.165, 1.54) is 11.1 Å². The van der Waals surface area contributed by atoms with Crippen molar-refractivity contribution in [2.45, 2.75) is 26.4 Å². The van der Waals surface area contributed by atoms with E-state index in [2.05, 4.69) is 39.5 Å². The SMILES string of the molecule is Cc1n[nH]c(C)c1CNCC(c1ccccc1Cl)N1CCOCC1. The highest BCUT2D eigenvalue weighted by molar-refractivity contribution is 6.31. The molecule has 1 aliphatic heterocycles. The lowest BCUT2D eigenvalue weighted by atomic mass is 10.0. The van der Waals surface area contributed by atoms with Gasteiger partial charge in [0.25, 0.3) is 0 Å². The van der Waals surface area contributed by atoms with Crippen LogP contribution in [0.15, 0.2) is 24.3 Å². The van der Waals surface area contributed by atoms with Crippen LogP contribution in [-0.4, -0.2) is 47.9 Å². The molecule has 130 valence electrons. The lowest BCUT2D eigenvalue weighted by Crippen LogP contribution is -2.42. The van der Waals surface area contributed by atoms with Crippen LogP contribution in [-0.2, 0) is 11.3 Å². The smallest absolute Gasteiger partial charge is 0.0638 e. The summed E-state index contributed by atoms with van der Waals surface area (Å²) in [5, 5.41) is 11.7. The van der Waals surface area contributed by atoms with E-state index in [0.29, 0.717) is 0 Å². The van der Waals surface area contributed by atoms with Gasteiger partial charge in [0.1, 0.15) is 0 Å². The Morgan fingerprint density at radius 3 is 2.71 bits per heavy atom. The van der Waals surface area contributed by atoms with Crippen molar-refractivity contribution in [3.05, 3.63) is 51.8 Å². The number of halogens is 1. The van der Waals surface area contributed by atoms with Crippen molar-refractivity contribution >= 4 is 11.6 Å². The first kappa shape index (κ1) is 17.4. The van der Waals surface area contributed by atoms with Crippen LogP contribution in [0.5, 0.6) is 0 Å². The second kappa shape index (κ2) is 8.12. The van der Waals surface area contributed by atoms with Crippen LogP contribution in [0.2, 0.25) is 5.02 Å². The second-order valence-corrected chi connectivity index (χ2v) is 6.64. The monoisotopic (exact) mass is 348 g/mol. The fraction of sp³-hybridized carbons (Fsp3) is 0.500. The van der Waals surface area contributed by atoms with Crippen LogP contribution < -0.4 is 5.32 Å². The van der Waals surface area contributed by atoms with Crippen LogP contribution in [0.1, 0.15) is 28.6 Å². The first-order chi connectivity index (χ1) is 11.7. The Hall–Kier alpha value is -1.40. The molecule has 2 heterocycles. The number of aryl methyl sites for hydroxylation is 2. The first-order valence-corrected chi connectivity index (χ1v) is 8.82. The molecule has 6 heteroatoms. The Morgan fingerprint density at radius 1 is 1.29 bits per heavy atom. The van der Waals surface area contributed by atoms with E-state index in [1.807, 2.05) is 19.1 Å². The van der Waals surface area contributed by atoms with Crippen molar-refractivity contribution in [1.29, 1.82) is 0 Å².